The van der Waals surface area contributed by atoms with Crippen LogP contribution in [0.3, 0.4) is 0 Å². The van der Waals surface area contributed by atoms with Gasteiger partial charge in [0.2, 0.25) is 0 Å². The van der Waals surface area contributed by atoms with Gasteiger partial charge < -0.3 is 5.32 Å². The molecule has 0 aliphatic rings. The first kappa shape index (κ1) is 14.3. The van der Waals surface area contributed by atoms with E-state index in [0.29, 0.717) is 0 Å². The number of aromatic nitrogens is 2. The Hall–Kier alpha value is -2.11. The highest BCUT2D eigenvalue weighted by molar-refractivity contribution is 5.67. The Morgan fingerprint density at radius 2 is 2.00 bits per heavy atom. The van der Waals surface area contributed by atoms with Crippen LogP contribution in [0.5, 0.6) is 0 Å². The lowest BCUT2D eigenvalue weighted by atomic mass is 10.1. The largest absolute Gasteiger partial charge is 0.417 e. The summed E-state index contributed by atoms with van der Waals surface area (Å²) in [5.41, 5.74) is 0.258. The van der Waals surface area contributed by atoms with Crippen molar-refractivity contribution in [1.29, 1.82) is 0 Å². The summed E-state index contributed by atoms with van der Waals surface area (Å²) >= 11 is 0. The van der Waals surface area contributed by atoms with Crippen molar-refractivity contribution in [3.63, 3.8) is 0 Å². The minimum absolute atomic E-state index is 0.0138. The quantitative estimate of drug-likeness (QED) is 0.921. The number of anilines is 1. The van der Waals surface area contributed by atoms with Crippen LogP contribution in [-0.4, -0.2) is 16.5 Å². The van der Waals surface area contributed by atoms with Gasteiger partial charge in [0.1, 0.15) is 0 Å². The minimum Gasteiger partial charge on any atom is -0.385 e. The maximum atomic E-state index is 13.0. The van der Waals surface area contributed by atoms with E-state index >= 15 is 0 Å². The molecule has 0 spiro atoms. The number of nitrogens with one attached hydrogen (secondary N) is 1. The molecule has 3 nitrogen and oxygen atoms in total. The van der Waals surface area contributed by atoms with E-state index in [2.05, 4.69) is 15.3 Å². The lowest BCUT2D eigenvalue weighted by Gasteiger charge is -2.12. The average molecular weight is 281 g/mol. The third-order valence-corrected chi connectivity index (χ3v) is 2.74. The third-order valence-electron chi connectivity index (χ3n) is 2.74. The van der Waals surface area contributed by atoms with Gasteiger partial charge in [-0.15, -0.1) is 0 Å². The molecule has 0 radical (unpaired) electrons. The second kappa shape index (κ2) is 5.90. The Bertz CT molecular complexity index is 582. The number of hydrogen-bond donors (Lipinski definition) is 1. The van der Waals surface area contributed by atoms with E-state index in [1.807, 2.05) is 6.92 Å². The van der Waals surface area contributed by atoms with E-state index in [-0.39, 0.29) is 11.3 Å². The highest BCUT2D eigenvalue weighted by atomic mass is 19.4. The van der Waals surface area contributed by atoms with Gasteiger partial charge in [-0.25, -0.2) is 0 Å². The van der Waals surface area contributed by atoms with Gasteiger partial charge in [0.25, 0.3) is 0 Å². The van der Waals surface area contributed by atoms with Crippen LogP contribution < -0.4 is 5.32 Å². The first-order valence-corrected chi connectivity index (χ1v) is 6.24. The van der Waals surface area contributed by atoms with E-state index in [0.717, 1.165) is 30.9 Å². The molecule has 0 atom stereocenters. The van der Waals surface area contributed by atoms with Gasteiger partial charge >= 0.3 is 6.18 Å². The molecular weight excluding hydrogens is 267 g/mol. The van der Waals surface area contributed by atoms with Crippen LogP contribution in [0, 0.1) is 0 Å². The minimum atomic E-state index is -4.42. The van der Waals surface area contributed by atoms with E-state index < -0.39 is 11.7 Å². The Kier molecular flexibility index (Phi) is 4.22. The molecule has 2 aromatic heterocycles. The van der Waals surface area contributed by atoms with Gasteiger partial charge in [0.15, 0.2) is 0 Å². The van der Waals surface area contributed by atoms with Crippen molar-refractivity contribution in [2.24, 2.45) is 0 Å². The molecule has 0 aliphatic heterocycles. The molecule has 0 aliphatic carbocycles. The van der Waals surface area contributed by atoms with Crippen LogP contribution in [0.2, 0.25) is 0 Å². The Balaban J connectivity index is 2.42. The molecule has 2 aromatic rings. The summed E-state index contributed by atoms with van der Waals surface area (Å²) in [5, 5.41) is 3.12. The lowest BCUT2D eigenvalue weighted by Crippen LogP contribution is -2.08. The maximum Gasteiger partial charge on any atom is 0.417 e. The lowest BCUT2D eigenvalue weighted by molar-refractivity contribution is -0.137. The molecule has 1 N–H and O–H groups in total. The average Bonchev–Trinajstić information content (AvgIpc) is 2.44. The summed E-state index contributed by atoms with van der Waals surface area (Å²) < 4.78 is 38.9. The van der Waals surface area contributed by atoms with Crippen molar-refractivity contribution < 1.29 is 13.2 Å². The van der Waals surface area contributed by atoms with E-state index in [1.54, 1.807) is 12.1 Å². The molecule has 106 valence electrons. The van der Waals surface area contributed by atoms with Crippen LogP contribution >= 0.6 is 0 Å². The molecule has 6 heteroatoms. The van der Waals surface area contributed by atoms with Crippen LogP contribution in [-0.2, 0) is 6.18 Å². The molecule has 0 bridgehead atoms. The zero-order valence-corrected chi connectivity index (χ0v) is 10.9. The van der Waals surface area contributed by atoms with Crippen molar-refractivity contribution in [2.75, 3.05) is 11.9 Å². The van der Waals surface area contributed by atoms with Crippen molar-refractivity contribution in [2.45, 2.75) is 19.5 Å². The predicted molar refractivity (Wildman–Crippen MR) is 71.3 cm³/mol. The van der Waals surface area contributed by atoms with Gasteiger partial charge in [-0.3, -0.25) is 9.97 Å². The number of pyridine rings is 2. The fourth-order valence-corrected chi connectivity index (χ4v) is 1.80. The predicted octanol–water partition coefficient (Wildman–Crippen LogP) is 3.98. The Morgan fingerprint density at radius 1 is 1.20 bits per heavy atom. The normalized spacial score (nSPS) is 11.4. The molecule has 0 amide bonds. The van der Waals surface area contributed by atoms with Crippen molar-refractivity contribution >= 4 is 5.69 Å². The molecule has 0 fully saturated rings. The third kappa shape index (κ3) is 3.26. The molecular formula is C14H14F3N3. The standard InChI is InChI=1S/C14H14F3N3/c1-2-5-19-10-3-7-20-13(8-10)11-9-18-6-4-12(11)14(15,16)17/h3-4,6-9H,2,5H2,1H3,(H,19,20). The van der Waals surface area contributed by atoms with Crippen LogP contribution in [0.4, 0.5) is 18.9 Å². The summed E-state index contributed by atoms with van der Waals surface area (Å²) in [5.74, 6) is 0. The summed E-state index contributed by atoms with van der Waals surface area (Å²) in [4.78, 5) is 7.78. The van der Waals surface area contributed by atoms with Crippen molar-refractivity contribution in [3.8, 4) is 11.3 Å². The van der Waals surface area contributed by atoms with E-state index in [1.165, 1.54) is 12.4 Å². The molecule has 20 heavy (non-hydrogen) atoms. The summed E-state index contributed by atoms with van der Waals surface area (Å²) in [7, 11) is 0. The van der Waals surface area contributed by atoms with Crippen LogP contribution in [0.1, 0.15) is 18.9 Å². The van der Waals surface area contributed by atoms with Gasteiger partial charge in [-0.1, -0.05) is 6.92 Å². The highest BCUT2D eigenvalue weighted by Crippen LogP contribution is 2.36. The molecule has 0 unspecified atom stereocenters. The van der Waals surface area contributed by atoms with Gasteiger partial charge in [0, 0.05) is 36.4 Å². The topological polar surface area (TPSA) is 37.8 Å². The zero-order valence-electron chi connectivity index (χ0n) is 10.9. The summed E-state index contributed by atoms with van der Waals surface area (Å²) in [6.07, 6.45) is 0.311. The highest BCUT2D eigenvalue weighted by Gasteiger charge is 2.33. The summed E-state index contributed by atoms with van der Waals surface area (Å²) in [6, 6.07) is 4.29. The van der Waals surface area contributed by atoms with Gasteiger partial charge in [0.05, 0.1) is 11.3 Å². The second-order valence-electron chi connectivity index (χ2n) is 4.28. The molecule has 0 saturated heterocycles. The fourth-order valence-electron chi connectivity index (χ4n) is 1.80. The fraction of sp³-hybridized carbons (Fsp3) is 0.286. The first-order valence-electron chi connectivity index (χ1n) is 6.24. The number of rotatable bonds is 4. The molecule has 0 saturated carbocycles. The second-order valence-corrected chi connectivity index (χ2v) is 4.28. The number of halogens is 3. The van der Waals surface area contributed by atoms with E-state index in [4.69, 9.17) is 0 Å². The molecule has 0 aromatic carbocycles. The SMILES string of the molecule is CCCNc1ccnc(-c2cnccc2C(F)(F)F)c1. The molecule has 2 rings (SSSR count). The monoisotopic (exact) mass is 281 g/mol. The first-order chi connectivity index (χ1) is 9.52. The Morgan fingerprint density at radius 3 is 2.70 bits per heavy atom. The maximum absolute atomic E-state index is 13.0. The Labute approximate surface area is 114 Å². The number of nitrogens with zero attached hydrogens (tertiary/aromatic N) is 2. The smallest absolute Gasteiger partial charge is 0.385 e. The van der Waals surface area contributed by atoms with Gasteiger partial charge in [-0.05, 0) is 24.6 Å². The zero-order chi connectivity index (χ0) is 14.6. The van der Waals surface area contributed by atoms with Crippen molar-refractivity contribution in [3.05, 3.63) is 42.4 Å². The van der Waals surface area contributed by atoms with Crippen LogP contribution in [0.15, 0.2) is 36.8 Å². The number of hydrogen-bond acceptors (Lipinski definition) is 3. The van der Waals surface area contributed by atoms with Crippen molar-refractivity contribution in [1.82, 2.24) is 9.97 Å². The van der Waals surface area contributed by atoms with Crippen LogP contribution in [0.25, 0.3) is 11.3 Å². The number of alkyl halides is 3. The van der Waals surface area contributed by atoms with E-state index in [9.17, 15) is 13.2 Å². The van der Waals surface area contributed by atoms with Gasteiger partial charge in [-0.2, -0.15) is 13.2 Å². The molecule has 2 heterocycles. The summed E-state index contributed by atoms with van der Waals surface area (Å²) in [6.45, 7) is 2.76.